The average molecular weight is 276 g/mol. The van der Waals surface area contributed by atoms with Gasteiger partial charge in [-0.1, -0.05) is 31.1 Å². The number of benzene rings is 1. The summed E-state index contributed by atoms with van der Waals surface area (Å²) in [6.07, 6.45) is 9.48. The zero-order chi connectivity index (χ0) is 14.2. The summed E-state index contributed by atoms with van der Waals surface area (Å²) < 4.78 is 10.6. The van der Waals surface area contributed by atoms with Crippen molar-refractivity contribution in [2.24, 2.45) is 0 Å². The van der Waals surface area contributed by atoms with E-state index in [-0.39, 0.29) is 6.42 Å². The second-order valence-corrected chi connectivity index (χ2v) is 4.86. The maximum absolute atomic E-state index is 10.3. The molecule has 0 atom stereocenters. The van der Waals surface area contributed by atoms with Gasteiger partial charge in [-0.3, -0.25) is 4.79 Å². The number of aliphatic carboxylic acids is 1. The van der Waals surface area contributed by atoms with Crippen LogP contribution in [0, 0.1) is 0 Å². The second kappa shape index (κ2) is 7.58. The molecule has 1 aromatic rings. The van der Waals surface area contributed by atoms with E-state index in [1.807, 2.05) is 18.2 Å². The summed E-state index contributed by atoms with van der Waals surface area (Å²) in [7, 11) is 0. The molecule has 0 bridgehead atoms. The van der Waals surface area contributed by atoms with Gasteiger partial charge in [-0.2, -0.15) is 0 Å². The van der Waals surface area contributed by atoms with Gasteiger partial charge in [-0.15, -0.1) is 0 Å². The highest BCUT2D eigenvalue weighted by molar-refractivity contribution is 5.66. The number of ether oxygens (including phenoxy) is 2. The lowest BCUT2D eigenvalue weighted by molar-refractivity contribution is -0.137. The zero-order valence-corrected chi connectivity index (χ0v) is 11.5. The van der Waals surface area contributed by atoms with Crippen molar-refractivity contribution in [3.05, 3.63) is 29.8 Å². The number of hydrogen-bond donors (Lipinski definition) is 1. The van der Waals surface area contributed by atoms with Gasteiger partial charge in [0.1, 0.15) is 0 Å². The average Bonchev–Trinajstić information content (AvgIpc) is 2.89. The summed E-state index contributed by atoms with van der Waals surface area (Å²) >= 11 is 0. The molecular formula is C16H20O4. The third-order valence-corrected chi connectivity index (χ3v) is 3.22. The zero-order valence-electron chi connectivity index (χ0n) is 11.5. The molecule has 4 nitrogen and oxygen atoms in total. The Kier molecular flexibility index (Phi) is 5.47. The van der Waals surface area contributed by atoms with Crippen LogP contribution in [0.4, 0.5) is 0 Å². The Balaban J connectivity index is 1.63. The van der Waals surface area contributed by atoms with Crippen molar-refractivity contribution >= 4 is 12.0 Å². The highest BCUT2D eigenvalue weighted by Crippen LogP contribution is 2.32. The molecule has 20 heavy (non-hydrogen) atoms. The van der Waals surface area contributed by atoms with Crippen LogP contribution in [0.5, 0.6) is 11.5 Å². The summed E-state index contributed by atoms with van der Waals surface area (Å²) in [5, 5.41) is 8.52. The van der Waals surface area contributed by atoms with E-state index < -0.39 is 5.97 Å². The Bertz CT molecular complexity index is 479. The molecule has 0 fully saturated rings. The smallest absolute Gasteiger partial charge is 0.303 e. The maximum atomic E-state index is 10.3. The minimum Gasteiger partial charge on any atom is -0.481 e. The monoisotopic (exact) mass is 276 g/mol. The van der Waals surface area contributed by atoms with Crippen LogP contribution in [0.3, 0.4) is 0 Å². The maximum Gasteiger partial charge on any atom is 0.303 e. The fourth-order valence-corrected chi connectivity index (χ4v) is 2.13. The number of rotatable bonds is 8. The minimum atomic E-state index is -0.701. The van der Waals surface area contributed by atoms with Crippen molar-refractivity contribution in [1.29, 1.82) is 0 Å². The van der Waals surface area contributed by atoms with E-state index in [9.17, 15) is 4.79 Å². The van der Waals surface area contributed by atoms with Crippen LogP contribution >= 0.6 is 0 Å². The second-order valence-electron chi connectivity index (χ2n) is 4.86. The number of unbranched alkanes of at least 4 members (excludes halogenated alkanes) is 4. The Hall–Kier alpha value is -1.97. The molecule has 0 radical (unpaired) electrons. The molecule has 108 valence electrons. The minimum absolute atomic E-state index is 0.285. The number of carboxylic acids is 1. The molecular weight excluding hydrogens is 256 g/mol. The van der Waals surface area contributed by atoms with E-state index in [2.05, 4.69) is 12.2 Å². The van der Waals surface area contributed by atoms with Crippen LogP contribution in [0.2, 0.25) is 0 Å². The summed E-state index contributed by atoms with van der Waals surface area (Å²) in [4.78, 5) is 10.3. The van der Waals surface area contributed by atoms with Gasteiger partial charge >= 0.3 is 5.97 Å². The largest absolute Gasteiger partial charge is 0.481 e. The Morgan fingerprint density at radius 1 is 1.15 bits per heavy atom. The number of hydrogen-bond acceptors (Lipinski definition) is 3. The molecule has 0 aromatic heterocycles. The first-order valence-electron chi connectivity index (χ1n) is 7.04. The van der Waals surface area contributed by atoms with Crippen LogP contribution in [0.25, 0.3) is 6.08 Å². The van der Waals surface area contributed by atoms with Crippen molar-refractivity contribution in [3.8, 4) is 11.5 Å². The van der Waals surface area contributed by atoms with Gasteiger partial charge in [0.15, 0.2) is 11.5 Å². The molecule has 2 rings (SSSR count). The third kappa shape index (κ3) is 4.61. The van der Waals surface area contributed by atoms with E-state index in [4.69, 9.17) is 14.6 Å². The van der Waals surface area contributed by atoms with Crippen molar-refractivity contribution in [3.63, 3.8) is 0 Å². The van der Waals surface area contributed by atoms with E-state index >= 15 is 0 Å². The molecule has 1 heterocycles. The van der Waals surface area contributed by atoms with E-state index in [0.29, 0.717) is 6.79 Å². The number of allylic oxidation sites excluding steroid dienone is 1. The molecule has 1 aliphatic rings. The standard InChI is InChI=1S/C16H20O4/c17-16(18)8-6-4-2-1-3-5-7-13-9-10-14-15(11-13)20-12-19-14/h5,7,9-11H,1-4,6,8,12H2,(H,17,18)/b7-5+. The lowest BCUT2D eigenvalue weighted by Gasteiger charge is -1.98. The summed E-state index contributed by atoms with van der Waals surface area (Å²) in [6.45, 7) is 0.304. The van der Waals surface area contributed by atoms with Gasteiger partial charge in [0.05, 0.1) is 0 Å². The van der Waals surface area contributed by atoms with E-state index in [1.54, 1.807) is 0 Å². The van der Waals surface area contributed by atoms with Crippen LogP contribution in [0.15, 0.2) is 24.3 Å². The highest BCUT2D eigenvalue weighted by Gasteiger charge is 2.11. The predicted octanol–water partition coefficient (Wildman–Crippen LogP) is 3.85. The van der Waals surface area contributed by atoms with Gasteiger partial charge in [0.2, 0.25) is 6.79 Å². The quantitative estimate of drug-likeness (QED) is 0.733. The highest BCUT2D eigenvalue weighted by atomic mass is 16.7. The molecule has 0 saturated heterocycles. The number of fused-ring (bicyclic) bond motifs is 1. The van der Waals surface area contributed by atoms with Gasteiger partial charge in [-0.05, 0) is 37.0 Å². The van der Waals surface area contributed by atoms with Gasteiger partial charge in [0, 0.05) is 6.42 Å². The molecule has 0 unspecified atom stereocenters. The molecule has 0 aliphatic carbocycles. The first kappa shape index (κ1) is 14.4. The molecule has 1 aromatic carbocycles. The fourth-order valence-electron chi connectivity index (χ4n) is 2.13. The number of carbonyl (C=O) groups is 1. The lowest BCUT2D eigenvalue weighted by atomic mass is 10.1. The summed E-state index contributed by atoms with van der Waals surface area (Å²) in [5.41, 5.74) is 1.11. The van der Waals surface area contributed by atoms with Crippen molar-refractivity contribution in [1.82, 2.24) is 0 Å². The van der Waals surface area contributed by atoms with Gasteiger partial charge < -0.3 is 14.6 Å². The molecule has 0 amide bonds. The molecule has 1 aliphatic heterocycles. The van der Waals surface area contributed by atoms with E-state index in [0.717, 1.165) is 49.2 Å². The first-order chi connectivity index (χ1) is 9.75. The predicted molar refractivity (Wildman–Crippen MR) is 76.9 cm³/mol. The molecule has 4 heteroatoms. The Labute approximate surface area is 119 Å². The normalized spacial score (nSPS) is 13.0. The topological polar surface area (TPSA) is 55.8 Å². The van der Waals surface area contributed by atoms with Crippen LogP contribution in [-0.4, -0.2) is 17.9 Å². The fraction of sp³-hybridized carbons (Fsp3) is 0.438. The van der Waals surface area contributed by atoms with Crippen LogP contribution < -0.4 is 9.47 Å². The van der Waals surface area contributed by atoms with E-state index in [1.165, 1.54) is 0 Å². The molecule has 0 spiro atoms. The summed E-state index contributed by atoms with van der Waals surface area (Å²) in [5.74, 6) is 0.911. The van der Waals surface area contributed by atoms with Crippen molar-refractivity contribution < 1.29 is 19.4 Å². The van der Waals surface area contributed by atoms with Crippen molar-refractivity contribution in [2.75, 3.05) is 6.79 Å². The van der Waals surface area contributed by atoms with Crippen LogP contribution in [-0.2, 0) is 4.79 Å². The lowest BCUT2D eigenvalue weighted by Crippen LogP contribution is -1.93. The SMILES string of the molecule is O=C(O)CCCCCC/C=C/c1ccc2c(c1)OCO2. The third-order valence-electron chi connectivity index (χ3n) is 3.22. The molecule has 0 saturated carbocycles. The summed E-state index contributed by atoms with van der Waals surface area (Å²) in [6, 6.07) is 5.91. The number of carboxylic acid groups (broad SMARTS) is 1. The van der Waals surface area contributed by atoms with Crippen molar-refractivity contribution in [2.45, 2.75) is 38.5 Å². The van der Waals surface area contributed by atoms with Crippen LogP contribution in [0.1, 0.15) is 44.1 Å². The van der Waals surface area contributed by atoms with Gasteiger partial charge in [-0.25, -0.2) is 0 Å². The Morgan fingerprint density at radius 2 is 1.95 bits per heavy atom. The first-order valence-corrected chi connectivity index (χ1v) is 7.04. The Morgan fingerprint density at radius 3 is 2.80 bits per heavy atom. The van der Waals surface area contributed by atoms with Gasteiger partial charge in [0.25, 0.3) is 0 Å². The molecule has 1 N–H and O–H groups in total.